The number of nitrogens with one attached hydrogen (secondary N) is 1. The van der Waals surface area contributed by atoms with Crippen LogP contribution in [0.2, 0.25) is 0 Å². The molecular weight excluding hydrogens is 322 g/mol. The first-order chi connectivity index (χ1) is 12.0. The Kier molecular flexibility index (Phi) is 11.1. The number of hydrogen-bond acceptors (Lipinski definition) is 6. The van der Waals surface area contributed by atoms with E-state index in [1.165, 1.54) is 44.9 Å². The number of likely N-dealkylation sites (N-methyl/N-ethyl adjacent to an activating group) is 1. The maximum atomic E-state index is 10.3. The molecule has 5 N–H and O–H groups in total. The van der Waals surface area contributed by atoms with Gasteiger partial charge in [-0.3, -0.25) is 5.32 Å². The summed E-state index contributed by atoms with van der Waals surface area (Å²) in [6.07, 6.45) is 7.94. The van der Waals surface area contributed by atoms with Crippen LogP contribution in [0.25, 0.3) is 0 Å². The fourth-order valence-corrected chi connectivity index (χ4v) is 3.65. The lowest BCUT2D eigenvalue weighted by atomic mass is 9.87. The van der Waals surface area contributed by atoms with Crippen molar-refractivity contribution in [3.63, 3.8) is 0 Å². The second kappa shape index (κ2) is 12.2. The van der Waals surface area contributed by atoms with Gasteiger partial charge in [0.05, 0.1) is 6.61 Å². The highest BCUT2D eigenvalue weighted by Crippen LogP contribution is 2.32. The van der Waals surface area contributed by atoms with Crippen molar-refractivity contribution in [3.05, 3.63) is 0 Å². The second-order valence-electron chi connectivity index (χ2n) is 7.34. The summed E-state index contributed by atoms with van der Waals surface area (Å²) in [7, 11) is 1.67. The van der Waals surface area contributed by atoms with Crippen LogP contribution in [0.3, 0.4) is 0 Å². The molecule has 0 radical (unpaired) electrons. The largest absolute Gasteiger partial charge is 0.394 e. The van der Waals surface area contributed by atoms with Crippen molar-refractivity contribution in [1.82, 2.24) is 5.32 Å². The van der Waals surface area contributed by atoms with Gasteiger partial charge in [-0.25, -0.2) is 0 Å². The molecule has 150 valence electrons. The van der Waals surface area contributed by atoms with E-state index in [0.717, 1.165) is 19.3 Å². The molecule has 1 aliphatic rings. The summed E-state index contributed by atoms with van der Waals surface area (Å²) in [5.74, 6) is 0. The van der Waals surface area contributed by atoms with Gasteiger partial charge in [-0.15, -0.1) is 0 Å². The zero-order valence-corrected chi connectivity index (χ0v) is 16.0. The summed E-state index contributed by atoms with van der Waals surface area (Å²) in [6, 6.07) is 0. The molecule has 25 heavy (non-hydrogen) atoms. The normalized spacial score (nSPS) is 32.9. The molecule has 0 saturated carbocycles. The fourth-order valence-electron chi connectivity index (χ4n) is 3.65. The maximum absolute atomic E-state index is 10.3. The SMILES string of the molecule is CCCCCCCCCCCCC1(NC)O[C@H](CO)[C@@H](O)[C@H](O)[C@H]1O. The quantitative estimate of drug-likeness (QED) is 0.320. The molecule has 0 aliphatic carbocycles. The van der Waals surface area contributed by atoms with Gasteiger partial charge in [-0.05, 0) is 19.9 Å². The number of ether oxygens (including phenoxy) is 1. The monoisotopic (exact) mass is 361 g/mol. The molecule has 1 rings (SSSR count). The van der Waals surface area contributed by atoms with Crippen molar-refractivity contribution >= 4 is 0 Å². The number of aliphatic hydroxyl groups excluding tert-OH is 4. The smallest absolute Gasteiger partial charge is 0.148 e. The molecule has 1 unspecified atom stereocenters. The van der Waals surface area contributed by atoms with Crippen LogP contribution >= 0.6 is 0 Å². The van der Waals surface area contributed by atoms with Gasteiger partial charge in [0.15, 0.2) is 0 Å². The van der Waals surface area contributed by atoms with Crippen LogP contribution in [0.4, 0.5) is 0 Å². The summed E-state index contributed by atoms with van der Waals surface area (Å²) in [6.45, 7) is 1.83. The second-order valence-corrected chi connectivity index (χ2v) is 7.34. The number of rotatable bonds is 13. The molecule has 1 fully saturated rings. The van der Waals surface area contributed by atoms with Gasteiger partial charge >= 0.3 is 0 Å². The van der Waals surface area contributed by atoms with Crippen LogP contribution in [0.1, 0.15) is 77.6 Å². The minimum absolute atomic E-state index is 0.396. The first-order valence-corrected chi connectivity index (χ1v) is 10.0. The van der Waals surface area contributed by atoms with Gasteiger partial charge in [0, 0.05) is 0 Å². The molecule has 6 heteroatoms. The zero-order chi connectivity index (χ0) is 18.7. The number of aliphatic hydroxyl groups is 4. The van der Waals surface area contributed by atoms with E-state index in [2.05, 4.69) is 12.2 Å². The topological polar surface area (TPSA) is 102 Å². The highest BCUT2D eigenvalue weighted by Gasteiger charge is 2.52. The predicted molar refractivity (Wildman–Crippen MR) is 98.2 cm³/mol. The van der Waals surface area contributed by atoms with Crippen molar-refractivity contribution in [2.24, 2.45) is 0 Å². The van der Waals surface area contributed by atoms with E-state index in [-0.39, 0.29) is 0 Å². The van der Waals surface area contributed by atoms with Crippen LogP contribution in [0, 0.1) is 0 Å². The molecule has 6 nitrogen and oxygen atoms in total. The molecule has 0 aromatic rings. The Morgan fingerprint density at radius 2 is 1.36 bits per heavy atom. The summed E-state index contributed by atoms with van der Waals surface area (Å²) < 4.78 is 5.73. The first kappa shape index (κ1) is 22.8. The maximum Gasteiger partial charge on any atom is 0.148 e. The number of hydrogen-bond donors (Lipinski definition) is 5. The van der Waals surface area contributed by atoms with Crippen LogP contribution in [0.5, 0.6) is 0 Å². The highest BCUT2D eigenvalue weighted by molar-refractivity contribution is 4.99. The standard InChI is InChI=1S/C19H39NO5/c1-3-4-5-6-7-8-9-10-11-12-13-19(20-2)18(24)17(23)16(22)15(14-21)25-19/h15-18,20-24H,3-14H2,1-2H3/t15-,16-,17+,18-,19?/m1/s1. The Hall–Kier alpha value is -0.240. The average Bonchev–Trinajstić information content (AvgIpc) is 2.63. The van der Waals surface area contributed by atoms with E-state index < -0.39 is 36.7 Å². The van der Waals surface area contributed by atoms with Crippen molar-refractivity contribution in [3.8, 4) is 0 Å². The fraction of sp³-hybridized carbons (Fsp3) is 1.00. The van der Waals surface area contributed by atoms with Crippen molar-refractivity contribution in [1.29, 1.82) is 0 Å². The van der Waals surface area contributed by atoms with Crippen molar-refractivity contribution in [2.45, 2.75) is 108 Å². The lowest BCUT2D eigenvalue weighted by Gasteiger charge is -2.48. The Labute approximate surface area is 152 Å². The van der Waals surface area contributed by atoms with Gasteiger partial charge in [0.2, 0.25) is 0 Å². The highest BCUT2D eigenvalue weighted by atomic mass is 16.6. The molecule has 0 aromatic heterocycles. The van der Waals surface area contributed by atoms with E-state index in [1.54, 1.807) is 7.05 Å². The Morgan fingerprint density at radius 3 is 1.84 bits per heavy atom. The van der Waals surface area contributed by atoms with Crippen LogP contribution in [-0.4, -0.2) is 64.2 Å². The van der Waals surface area contributed by atoms with Gasteiger partial charge in [0.1, 0.15) is 30.1 Å². The van der Waals surface area contributed by atoms with E-state index >= 15 is 0 Å². The minimum Gasteiger partial charge on any atom is -0.394 e. The molecule has 1 aliphatic heterocycles. The first-order valence-electron chi connectivity index (χ1n) is 10.0. The molecular formula is C19H39NO5. The van der Waals surface area contributed by atoms with Crippen LogP contribution in [0.15, 0.2) is 0 Å². The third-order valence-electron chi connectivity index (χ3n) is 5.40. The Morgan fingerprint density at radius 1 is 0.840 bits per heavy atom. The lowest BCUT2D eigenvalue weighted by Crippen LogP contribution is -2.69. The summed E-state index contributed by atoms with van der Waals surface area (Å²) in [5, 5.41) is 42.5. The van der Waals surface area contributed by atoms with Crippen molar-refractivity contribution in [2.75, 3.05) is 13.7 Å². The lowest BCUT2D eigenvalue weighted by molar-refractivity contribution is -0.285. The van der Waals surface area contributed by atoms with E-state index in [4.69, 9.17) is 4.74 Å². The van der Waals surface area contributed by atoms with Crippen molar-refractivity contribution < 1.29 is 25.2 Å². The third-order valence-corrected chi connectivity index (χ3v) is 5.40. The van der Waals surface area contributed by atoms with Gasteiger partial charge in [-0.2, -0.15) is 0 Å². The molecule has 0 spiro atoms. The summed E-state index contributed by atoms with van der Waals surface area (Å²) in [4.78, 5) is 0. The van der Waals surface area contributed by atoms with Gasteiger partial charge in [-0.1, -0.05) is 64.7 Å². The van der Waals surface area contributed by atoms with Gasteiger partial charge in [0.25, 0.3) is 0 Å². The molecule has 0 amide bonds. The van der Waals surface area contributed by atoms with E-state index in [9.17, 15) is 20.4 Å². The average molecular weight is 362 g/mol. The van der Waals surface area contributed by atoms with Crippen LogP contribution in [-0.2, 0) is 4.74 Å². The Bertz CT molecular complexity index is 342. The van der Waals surface area contributed by atoms with E-state index in [0.29, 0.717) is 6.42 Å². The molecule has 5 atom stereocenters. The molecule has 0 bridgehead atoms. The number of unbranched alkanes of at least 4 members (excludes halogenated alkanes) is 9. The predicted octanol–water partition coefficient (Wildman–Crippen LogP) is 1.69. The minimum atomic E-state index is -1.33. The van der Waals surface area contributed by atoms with E-state index in [1.807, 2.05) is 0 Å². The molecule has 1 saturated heterocycles. The van der Waals surface area contributed by atoms with Gasteiger partial charge < -0.3 is 25.2 Å². The third kappa shape index (κ3) is 6.77. The van der Waals surface area contributed by atoms with Crippen LogP contribution < -0.4 is 5.32 Å². The molecule has 1 heterocycles. The summed E-state index contributed by atoms with van der Waals surface area (Å²) >= 11 is 0. The molecule has 0 aromatic carbocycles. The zero-order valence-electron chi connectivity index (χ0n) is 16.0. The Balaban J connectivity index is 2.28. The summed E-state index contributed by atoms with van der Waals surface area (Å²) in [5.41, 5.74) is -1.12.